The number of hydrogen-bond acceptors (Lipinski definition) is 5. The number of rotatable bonds is 3. The van der Waals surface area contributed by atoms with Crippen LogP contribution in [0.2, 0.25) is 0 Å². The summed E-state index contributed by atoms with van der Waals surface area (Å²) in [6, 6.07) is 4.05. The van der Waals surface area contributed by atoms with Gasteiger partial charge in [0.15, 0.2) is 0 Å². The molecule has 0 aromatic carbocycles. The Balaban J connectivity index is 1.51. The van der Waals surface area contributed by atoms with Crippen LogP contribution in [0.5, 0.6) is 0 Å². The molecule has 6 nitrogen and oxygen atoms in total. The van der Waals surface area contributed by atoms with Crippen LogP contribution in [-0.4, -0.2) is 68.3 Å². The molecule has 25 heavy (non-hydrogen) atoms. The maximum absolute atomic E-state index is 13.3. The Morgan fingerprint density at radius 2 is 1.88 bits per heavy atom. The third-order valence-corrected chi connectivity index (χ3v) is 6.00. The second-order valence-electron chi connectivity index (χ2n) is 7.65. The summed E-state index contributed by atoms with van der Waals surface area (Å²) >= 11 is 0. The third-order valence-electron chi connectivity index (χ3n) is 6.00. The first-order valence-corrected chi connectivity index (χ1v) is 9.38. The highest BCUT2D eigenvalue weighted by Gasteiger charge is 2.51. The summed E-state index contributed by atoms with van der Waals surface area (Å²) in [4.78, 5) is 17.7. The van der Waals surface area contributed by atoms with Gasteiger partial charge in [-0.1, -0.05) is 0 Å². The zero-order valence-corrected chi connectivity index (χ0v) is 15.0. The van der Waals surface area contributed by atoms with Gasteiger partial charge in [-0.2, -0.15) is 0 Å². The maximum Gasteiger partial charge on any atom is 0.227 e. The van der Waals surface area contributed by atoms with Crippen LogP contribution < -0.4 is 0 Å². The lowest BCUT2D eigenvalue weighted by Crippen LogP contribution is -2.49. The number of likely N-dealkylation sites (tertiary alicyclic amines) is 1. The van der Waals surface area contributed by atoms with Crippen molar-refractivity contribution in [2.75, 3.05) is 52.6 Å². The molecule has 1 spiro atoms. The number of carbonyl (C=O) groups excluding carboxylic acids is 1. The molecule has 0 N–H and O–H groups in total. The van der Waals surface area contributed by atoms with E-state index in [0.29, 0.717) is 19.1 Å². The van der Waals surface area contributed by atoms with Gasteiger partial charge in [0.05, 0.1) is 25.7 Å². The summed E-state index contributed by atoms with van der Waals surface area (Å²) < 4.78 is 16.8. The molecular weight excluding hydrogens is 320 g/mol. The molecule has 0 saturated carbocycles. The predicted octanol–water partition coefficient (Wildman–Crippen LogP) is 1.68. The smallest absolute Gasteiger partial charge is 0.227 e. The Morgan fingerprint density at radius 1 is 1.16 bits per heavy atom. The minimum absolute atomic E-state index is 0.0509. The molecule has 1 aromatic rings. The maximum atomic E-state index is 13.3. The molecule has 3 aliphatic heterocycles. The van der Waals surface area contributed by atoms with Crippen LogP contribution in [0.4, 0.5) is 0 Å². The second kappa shape index (κ2) is 7.09. The minimum atomic E-state index is 0.0509. The van der Waals surface area contributed by atoms with Crippen molar-refractivity contribution < 1.29 is 18.7 Å². The molecule has 4 rings (SSSR count). The third kappa shape index (κ3) is 3.48. The van der Waals surface area contributed by atoms with Crippen molar-refractivity contribution in [1.29, 1.82) is 0 Å². The largest absolute Gasteiger partial charge is 0.465 e. The van der Waals surface area contributed by atoms with E-state index in [1.165, 1.54) is 0 Å². The SMILES string of the molecule is Cc1ccc(CN2C[C@@H](C(=O)N3CCOCC3)C3(CCOCC3)C2)o1. The minimum Gasteiger partial charge on any atom is -0.465 e. The van der Waals surface area contributed by atoms with Crippen molar-refractivity contribution in [3.05, 3.63) is 23.7 Å². The first-order valence-electron chi connectivity index (χ1n) is 9.38. The lowest BCUT2D eigenvalue weighted by molar-refractivity contribution is -0.144. The standard InChI is InChI=1S/C19H28N2O4/c1-15-2-3-16(25-15)12-20-13-17(18(22)21-6-10-24-11-7-21)19(14-20)4-8-23-9-5-19/h2-3,17H,4-14H2,1H3/t17-/m0/s1. The molecule has 1 atom stereocenters. The van der Waals surface area contributed by atoms with Gasteiger partial charge in [-0.25, -0.2) is 0 Å². The molecule has 1 amide bonds. The van der Waals surface area contributed by atoms with Gasteiger partial charge in [-0.15, -0.1) is 0 Å². The summed E-state index contributed by atoms with van der Waals surface area (Å²) in [5, 5.41) is 0. The monoisotopic (exact) mass is 348 g/mol. The van der Waals surface area contributed by atoms with E-state index in [2.05, 4.69) is 4.90 Å². The van der Waals surface area contributed by atoms with Gasteiger partial charge >= 0.3 is 0 Å². The fourth-order valence-corrected chi connectivity index (χ4v) is 4.61. The molecule has 138 valence electrons. The molecule has 4 heterocycles. The van der Waals surface area contributed by atoms with Gasteiger partial charge in [0, 0.05) is 44.8 Å². The van der Waals surface area contributed by atoms with E-state index >= 15 is 0 Å². The fraction of sp³-hybridized carbons (Fsp3) is 0.737. The quantitative estimate of drug-likeness (QED) is 0.832. The molecule has 3 saturated heterocycles. The number of furan rings is 1. The summed E-state index contributed by atoms with van der Waals surface area (Å²) in [6.45, 7) is 8.81. The zero-order chi connectivity index (χ0) is 17.3. The van der Waals surface area contributed by atoms with Gasteiger partial charge < -0.3 is 18.8 Å². The van der Waals surface area contributed by atoms with E-state index in [1.54, 1.807) is 0 Å². The number of nitrogens with zero attached hydrogens (tertiary/aromatic N) is 2. The Hall–Kier alpha value is -1.37. The lowest BCUT2D eigenvalue weighted by atomic mass is 9.71. The summed E-state index contributed by atoms with van der Waals surface area (Å²) in [7, 11) is 0. The van der Waals surface area contributed by atoms with Crippen LogP contribution in [0.15, 0.2) is 16.5 Å². The number of carbonyl (C=O) groups is 1. The molecule has 3 aliphatic rings. The molecule has 0 aliphatic carbocycles. The molecule has 0 bridgehead atoms. The first-order chi connectivity index (χ1) is 12.2. The number of hydrogen-bond donors (Lipinski definition) is 0. The highest BCUT2D eigenvalue weighted by molar-refractivity contribution is 5.80. The van der Waals surface area contributed by atoms with E-state index < -0.39 is 0 Å². The van der Waals surface area contributed by atoms with Crippen molar-refractivity contribution in [1.82, 2.24) is 9.80 Å². The summed E-state index contributed by atoms with van der Waals surface area (Å²) in [5.41, 5.74) is 0.0509. The van der Waals surface area contributed by atoms with Crippen LogP contribution in [0.25, 0.3) is 0 Å². The number of ether oxygens (including phenoxy) is 2. The van der Waals surface area contributed by atoms with Crippen LogP contribution in [0, 0.1) is 18.3 Å². The Morgan fingerprint density at radius 3 is 2.56 bits per heavy atom. The number of amides is 1. The summed E-state index contributed by atoms with van der Waals surface area (Å²) in [6.07, 6.45) is 1.95. The van der Waals surface area contributed by atoms with Crippen molar-refractivity contribution in [2.45, 2.75) is 26.3 Å². The predicted molar refractivity (Wildman–Crippen MR) is 92.1 cm³/mol. The lowest BCUT2D eigenvalue weighted by Gasteiger charge is -2.40. The highest BCUT2D eigenvalue weighted by atomic mass is 16.5. The van der Waals surface area contributed by atoms with E-state index in [4.69, 9.17) is 13.9 Å². The molecular formula is C19H28N2O4. The van der Waals surface area contributed by atoms with Gasteiger partial charge in [-0.3, -0.25) is 9.69 Å². The molecule has 1 aromatic heterocycles. The van der Waals surface area contributed by atoms with E-state index in [9.17, 15) is 4.79 Å². The normalized spacial score (nSPS) is 27.1. The molecule has 0 unspecified atom stereocenters. The fourth-order valence-electron chi connectivity index (χ4n) is 4.61. The van der Waals surface area contributed by atoms with Gasteiger partial charge in [0.25, 0.3) is 0 Å². The number of aryl methyl sites for hydroxylation is 1. The van der Waals surface area contributed by atoms with Crippen LogP contribution in [-0.2, 0) is 20.8 Å². The van der Waals surface area contributed by atoms with Crippen LogP contribution in [0.3, 0.4) is 0 Å². The number of morpholine rings is 1. The molecule has 6 heteroatoms. The molecule has 0 radical (unpaired) electrons. The van der Waals surface area contributed by atoms with Gasteiger partial charge in [0.2, 0.25) is 5.91 Å². The second-order valence-corrected chi connectivity index (χ2v) is 7.65. The Bertz CT molecular complexity index is 602. The van der Waals surface area contributed by atoms with Crippen molar-refractivity contribution in [3.63, 3.8) is 0 Å². The highest BCUT2D eigenvalue weighted by Crippen LogP contribution is 2.45. The first kappa shape index (κ1) is 17.1. The van der Waals surface area contributed by atoms with Crippen molar-refractivity contribution in [2.24, 2.45) is 11.3 Å². The van der Waals surface area contributed by atoms with Gasteiger partial charge in [-0.05, 0) is 31.9 Å². The molecule has 3 fully saturated rings. The summed E-state index contributed by atoms with van der Waals surface area (Å²) in [5.74, 6) is 2.30. The Labute approximate surface area is 149 Å². The zero-order valence-electron chi connectivity index (χ0n) is 15.0. The van der Waals surface area contributed by atoms with Crippen LogP contribution in [0.1, 0.15) is 24.4 Å². The van der Waals surface area contributed by atoms with E-state index in [-0.39, 0.29) is 11.3 Å². The van der Waals surface area contributed by atoms with E-state index in [0.717, 1.165) is 70.3 Å². The van der Waals surface area contributed by atoms with Gasteiger partial charge in [0.1, 0.15) is 11.5 Å². The topological polar surface area (TPSA) is 55.2 Å². The van der Waals surface area contributed by atoms with Crippen molar-refractivity contribution in [3.8, 4) is 0 Å². The van der Waals surface area contributed by atoms with E-state index in [1.807, 2.05) is 24.0 Å². The van der Waals surface area contributed by atoms with Crippen molar-refractivity contribution >= 4 is 5.91 Å². The average Bonchev–Trinajstić information content (AvgIpc) is 3.19. The van der Waals surface area contributed by atoms with Crippen LogP contribution >= 0.6 is 0 Å². The Kier molecular flexibility index (Phi) is 4.84. The average molecular weight is 348 g/mol.